The predicted molar refractivity (Wildman–Crippen MR) is 80.7 cm³/mol. The van der Waals surface area contributed by atoms with Crippen molar-refractivity contribution in [1.29, 1.82) is 0 Å². The van der Waals surface area contributed by atoms with Crippen molar-refractivity contribution in [2.75, 3.05) is 7.11 Å². The van der Waals surface area contributed by atoms with E-state index in [1.807, 2.05) is 19.1 Å². The second-order valence-electron chi connectivity index (χ2n) is 4.31. The van der Waals surface area contributed by atoms with E-state index >= 15 is 0 Å². The first-order chi connectivity index (χ1) is 9.60. The first kappa shape index (κ1) is 13.2. The second kappa shape index (κ2) is 4.96. The van der Waals surface area contributed by atoms with E-state index in [1.54, 1.807) is 7.11 Å². The first-order valence-electron chi connectivity index (χ1n) is 5.84. The lowest BCUT2D eigenvalue weighted by Gasteiger charge is -2.10. The number of methoxy groups -OCH3 is 1. The molecule has 3 rings (SSSR count). The molecule has 0 fully saturated rings. The van der Waals surface area contributed by atoms with Crippen molar-refractivity contribution < 1.29 is 4.74 Å². The monoisotopic (exact) mass is 306 g/mol. The highest BCUT2D eigenvalue weighted by Gasteiger charge is 2.15. The molecule has 0 saturated carbocycles. The Balaban J connectivity index is 2.28. The summed E-state index contributed by atoms with van der Waals surface area (Å²) < 4.78 is 5.41. The molecule has 0 spiro atoms. The molecule has 2 aromatic heterocycles. The lowest BCUT2D eigenvalue weighted by atomic mass is 10.1. The van der Waals surface area contributed by atoms with E-state index < -0.39 is 0 Å². The summed E-state index contributed by atoms with van der Waals surface area (Å²) >= 11 is 10.4. The van der Waals surface area contributed by atoms with E-state index in [2.05, 4.69) is 32.6 Å². The van der Waals surface area contributed by atoms with Gasteiger partial charge in [0.15, 0.2) is 10.8 Å². The maximum Gasteiger partial charge on any atom is 0.162 e. The Labute approximate surface area is 125 Å². The van der Waals surface area contributed by atoms with Crippen molar-refractivity contribution in [3.05, 3.63) is 29.2 Å². The van der Waals surface area contributed by atoms with Crippen LogP contribution in [0.5, 0.6) is 5.75 Å². The highest BCUT2D eigenvalue weighted by molar-refractivity contribution is 7.80. The van der Waals surface area contributed by atoms with Crippen molar-refractivity contribution >= 4 is 35.4 Å². The summed E-state index contributed by atoms with van der Waals surface area (Å²) in [4.78, 5) is 16.4. The number of nitrogens with zero attached hydrogens (tertiary/aromatic N) is 3. The minimum absolute atomic E-state index is 0.315. The lowest BCUT2D eigenvalue weighted by molar-refractivity contribution is 0.406. The maximum atomic E-state index is 6.01. The van der Waals surface area contributed by atoms with Crippen LogP contribution in [0.15, 0.2) is 23.4 Å². The summed E-state index contributed by atoms with van der Waals surface area (Å²) in [5.74, 6) is 1.28. The smallest absolute Gasteiger partial charge is 0.162 e. The van der Waals surface area contributed by atoms with Gasteiger partial charge in [-0.25, -0.2) is 15.0 Å². The highest BCUT2D eigenvalue weighted by Crippen LogP contribution is 2.36. The minimum atomic E-state index is 0.315. The largest absolute Gasteiger partial charge is 0.495 e. The minimum Gasteiger partial charge on any atom is -0.495 e. The first-order valence-corrected chi connectivity index (χ1v) is 6.67. The molecule has 3 aromatic rings. The number of aryl methyl sites for hydroxylation is 1. The van der Waals surface area contributed by atoms with Crippen LogP contribution in [0.2, 0.25) is 5.15 Å². The van der Waals surface area contributed by atoms with Crippen LogP contribution < -0.4 is 4.74 Å². The number of imidazole rings is 1. The molecular weight excluding hydrogens is 296 g/mol. The average Bonchev–Trinajstić information content (AvgIpc) is 2.83. The molecule has 0 unspecified atom stereocenters. The molecule has 0 amide bonds. The van der Waals surface area contributed by atoms with E-state index in [1.165, 1.54) is 6.33 Å². The molecule has 1 aromatic carbocycles. The number of halogens is 1. The number of benzene rings is 1. The summed E-state index contributed by atoms with van der Waals surface area (Å²) in [6, 6.07) is 3.90. The van der Waals surface area contributed by atoms with Gasteiger partial charge in [-0.05, 0) is 24.6 Å². The molecule has 102 valence electrons. The average molecular weight is 307 g/mol. The van der Waals surface area contributed by atoms with Crippen LogP contribution >= 0.6 is 24.2 Å². The molecule has 0 atom stereocenters. The number of rotatable bonds is 2. The maximum absolute atomic E-state index is 6.01. The Kier molecular flexibility index (Phi) is 3.27. The van der Waals surface area contributed by atoms with Crippen molar-refractivity contribution in [1.82, 2.24) is 19.9 Å². The number of hydrogen-bond acceptors (Lipinski definition) is 5. The van der Waals surface area contributed by atoms with Crippen LogP contribution in [-0.2, 0) is 0 Å². The fraction of sp³-hybridized carbons (Fsp3) is 0.154. The fourth-order valence-corrected chi connectivity index (χ4v) is 2.66. The molecule has 1 N–H and O–H groups in total. The Bertz CT molecular complexity index is 802. The number of H-pyrrole nitrogens is 1. The third-order valence-corrected chi connectivity index (χ3v) is 3.52. The van der Waals surface area contributed by atoms with Gasteiger partial charge in [0, 0.05) is 4.90 Å². The van der Waals surface area contributed by atoms with Crippen molar-refractivity contribution in [2.24, 2.45) is 0 Å². The Hall–Kier alpha value is -1.79. The summed E-state index contributed by atoms with van der Waals surface area (Å²) in [7, 11) is 1.60. The van der Waals surface area contributed by atoms with Gasteiger partial charge < -0.3 is 9.72 Å². The van der Waals surface area contributed by atoms with Crippen LogP contribution in [0.1, 0.15) is 5.56 Å². The SMILES string of the molecule is COc1c(S)cc(C)cc1-c1nc2c(Cl)ncnc2[nH]1. The van der Waals surface area contributed by atoms with Gasteiger partial charge in [0.25, 0.3) is 0 Å². The van der Waals surface area contributed by atoms with Crippen molar-refractivity contribution in [3.63, 3.8) is 0 Å². The lowest BCUT2D eigenvalue weighted by Crippen LogP contribution is -1.92. The zero-order chi connectivity index (χ0) is 14.3. The normalized spacial score (nSPS) is 11.0. The van der Waals surface area contributed by atoms with Gasteiger partial charge in [0.05, 0.1) is 12.7 Å². The quantitative estimate of drug-likeness (QED) is 0.563. The van der Waals surface area contributed by atoms with E-state index in [0.29, 0.717) is 27.9 Å². The summed E-state index contributed by atoms with van der Waals surface area (Å²) in [6.45, 7) is 1.98. The number of fused-ring (bicyclic) bond motifs is 1. The molecular formula is C13H11ClN4OS. The zero-order valence-corrected chi connectivity index (χ0v) is 12.5. The zero-order valence-electron chi connectivity index (χ0n) is 10.8. The standard InChI is InChI=1S/C13H11ClN4OS/c1-6-3-7(10(19-2)8(20)4-6)12-17-9-11(14)15-5-16-13(9)18-12/h3-5,20H,1-2H3,(H,15,16,17,18). The summed E-state index contributed by atoms with van der Waals surface area (Å²) in [6.07, 6.45) is 1.39. The fourth-order valence-electron chi connectivity index (χ4n) is 2.07. The van der Waals surface area contributed by atoms with Gasteiger partial charge in [0.1, 0.15) is 23.4 Å². The van der Waals surface area contributed by atoms with Gasteiger partial charge in [0.2, 0.25) is 0 Å². The Morgan fingerprint density at radius 1 is 1.30 bits per heavy atom. The van der Waals surface area contributed by atoms with Gasteiger partial charge in [-0.3, -0.25) is 0 Å². The van der Waals surface area contributed by atoms with E-state index in [-0.39, 0.29) is 0 Å². The third kappa shape index (κ3) is 2.10. The van der Waals surface area contributed by atoms with E-state index in [9.17, 15) is 0 Å². The van der Waals surface area contributed by atoms with Crippen LogP contribution in [0.3, 0.4) is 0 Å². The van der Waals surface area contributed by atoms with Crippen molar-refractivity contribution in [2.45, 2.75) is 11.8 Å². The molecule has 20 heavy (non-hydrogen) atoms. The van der Waals surface area contributed by atoms with Crippen LogP contribution in [0.25, 0.3) is 22.6 Å². The number of aromatic amines is 1. The number of nitrogens with one attached hydrogen (secondary N) is 1. The van der Waals surface area contributed by atoms with Gasteiger partial charge in [-0.15, -0.1) is 12.6 Å². The van der Waals surface area contributed by atoms with Crippen LogP contribution in [0.4, 0.5) is 0 Å². The molecule has 0 aliphatic carbocycles. The summed E-state index contributed by atoms with van der Waals surface area (Å²) in [5.41, 5.74) is 2.99. The molecule has 0 saturated heterocycles. The highest BCUT2D eigenvalue weighted by atomic mass is 35.5. The van der Waals surface area contributed by atoms with Crippen LogP contribution in [0, 0.1) is 6.92 Å². The molecule has 7 heteroatoms. The van der Waals surface area contributed by atoms with Gasteiger partial charge >= 0.3 is 0 Å². The second-order valence-corrected chi connectivity index (χ2v) is 5.15. The third-order valence-electron chi connectivity index (χ3n) is 2.91. The van der Waals surface area contributed by atoms with Gasteiger partial charge in [-0.2, -0.15) is 0 Å². The number of thiol groups is 1. The van der Waals surface area contributed by atoms with Crippen LogP contribution in [-0.4, -0.2) is 27.0 Å². The number of ether oxygens (including phenoxy) is 1. The van der Waals surface area contributed by atoms with Gasteiger partial charge in [-0.1, -0.05) is 11.6 Å². The summed E-state index contributed by atoms with van der Waals surface area (Å²) in [5, 5.41) is 0.315. The number of aromatic nitrogens is 4. The molecule has 2 heterocycles. The Morgan fingerprint density at radius 2 is 2.10 bits per heavy atom. The van der Waals surface area contributed by atoms with Crippen molar-refractivity contribution in [3.8, 4) is 17.1 Å². The molecule has 0 radical (unpaired) electrons. The molecule has 0 bridgehead atoms. The number of hydrogen-bond donors (Lipinski definition) is 2. The predicted octanol–water partition coefficient (Wildman–Crippen LogP) is 3.28. The molecule has 0 aliphatic rings. The Morgan fingerprint density at radius 3 is 2.80 bits per heavy atom. The topological polar surface area (TPSA) is 63.7 Å². The van der Waals surface area contributed by atoms with E-state index in [0.717, 1.165) is 16.0 Å². The van der Waals surface area contributed by atoms with E-state index in [4.69, 9.17) is 16.3 Å². The molecule has 0 aliphatic heterocycles. The molecule has 5 nitrogen and oxygen atoms in total.